The van der Waals surface area contributed by atoms with E-state index in [9.17, 15) is 0 Å². The van der Waals surface area contributed by atoms with Gasteiger partial charge in [-0.05, 0) is 50.4 Å². The number of hydrogen-bond acceptors (Lipinski definition) is 5. The van der Waals surface area contributed by atoms with E-state index in [1.165, 1.54) is 4.90 Å². The molecule has 114 valence electrons. The van der Waals surface area contributed by atoms with Gasteiger partial charge in [0.2, 0.25) is 11.7 Å². The monoisotopic (exact) mass is 305 g/mol. The second kappa shape index (κ2) is 7.61. The zero-order chi connectivity index (χ0) is 15.2. The van der Waals surface area contributed by atoms with Gasteiger partial charge in [-0.2, -0.15) is 4.98 Å². The van der Waals surface area contributed by atoms with Gasteiger partial charge in [-0.25, -0.2) is 0 Å². The Morgan fingerprint density at radius 3 is 2.52 bits per heavy atom. The highest BCUT2D eigenvalue weighted by Gasteiger charge is 2.23. The molecule has 5 heteroatoms. The van der Waals surface area contributed by atoms with Crippen molar-refractivity contribution in [1.82, 2.24) is 15.5 Å². The third kappa shape index (κ3) is 3.86. The molecule has 0 fully saturated rings. The van der Waals surface area contributed by atoms with Crippen LogP contribution in [0.5, 0.6) is 0 Å². The maximum Gasteiger partial charge on any atom is 0.231 e. The van der Waals surface area contributed by atoms with E-state index < -0.39 is 0 Å². The van der Waals surface area contributed by atoms with Crippen LogP contribution in [0.4, 0.5) is 0 Å². The zero-order valence-corrected chi connectivity index (χ0v) is 13.9. The molecule has 2 unspecified atom stereocenters. The van der Waals surface area contributed by atoms with Crippen LogP contribution in [0.1, 0.15) is 39.0 Å². The molecular weight excluding hydrogens is 282 g/mol. The fourth-order valence-corrected chi connectivity index (χ4v) is 2.86. The minimum Gasteiger partial charge on any atom is -0.339 e. The highest BCUT2D eigenvalue weighted by atomic mass is 32.2. The van der Waals surface area contributed by atoms with Crippen LogP contribution in [0.3, 0.4) is 0 Å². The maximum absolute atomic E-state index is 5.49. The highest BCUT2D eigenvalue weighted by molar-refractivity contribution is 7.98. The Kier molecular flexibility index (Phi) is 5.82. The summed E-state index contributed by atoms with van der Waals surface area (Å²) >= 11 is 1.72. The molecule has 0 bridgehead atoms. The van der Waals surface area contributed by atoms with Gasteiger partial charge in [-0.15, -0.1) is 11.8 Å². The Hall–Kier alpha value is -1.33. The summed E-state index contributed by atoms with van der Waals surface area (Å²) in [5.74, 6) is 1.63. The topological polar surface area (TPSA) is 51.0 Å². The molecule has 0 aliphatic heterocycles. The molecule has 1 heterocycles. The average molecular weight is 305 g/mol. The molecule has 0 aliphatic carbocycles. The predicted molar refractivity (Wildman–Crippen MR) is 87.7 cm³/mol. The number of nitrogens with one attached hydrogen (secondary N) is 1. The summed E-state index contributed by atoms with van der Waals surface area (Å²) in [6.07, 6.45) is 3.04. The fraction of sp³-hybridized carbons (Fsp3) is 0.500. The van der Waals surface area contributed by atoms with Crippen LogP contribution >= 0.6 is 11.8 Å². The second-order valence-electron chi connectivity index (χ2n) is 5.05. The lowest BCUT2D eigenvalue weighted by molar-refractivity contribution is 0.318. The van der Waals surface area contributed by atoms with Crippen LogP contribution in [-0.2, 0) is 0 Å². The molecule has 1 aromatic carbocycles. The van der Waals surface area contributed by atoms with Crippen LogP contribution in [0, 0.1) is 0 Å². The van der Waals surface area contributed by atoms with E-state index in [0.717, 1.165) is 24.4 Å². The smallest absolute Gasteiger partial charge is 0.231 e. The Bertz CT molecular complexity index is 553. The lowest BCUT2D eigenvalue weighted by atomic mass is 9.98. The maximum atomic E-state index is 5.49. The van der Waals surface area contributed by atoms with E-state index in [0.29, 0.717) is 11.9 Å². The largest absolute Gasteiger partial charge is 0.339 e. The third-order valence-corrected chi connectivity index (χ3v) is 4.42. The first-order valence-electron chi connectivity index (χ1n) is 7.41. The highest BCUT2D eigenvalue weighted by Crippen LogP contribution is 2.26. The standard InChI is InChI=1S/C16H23N3OS/c1-5-14(11(3)17-6-2)16-18-15(19-20-16)12-7-9-13(21-4)10-8-12/h7-11,14,17H,5-6H2,1-4H3. The molecular formula is C16H23N3OS. The third-order valence-electron chi connectivity index (χ3n) is 3.68. The quantitative estimate of drug-likeness (QED) is 0.785. The SMILES string of the molecule is CCNC(C)C(CC)c1nc(-c2ccc(SC)cc2)no1. The Balaban J connectivity index is 2.19. The van der Waals surface area contributed by atoms with Gasteiger partial charge in [-0.1, -0.05) is 19.0 Å². The van der Waals surface area contributed by atoms with Crippen molar-refractivity contribution in [2.45, 2.75) is 44.0 Å². The Labute approximate surface area is 130 Å². The van der Waals surface area contributed by atoms with Crippen molar-refractivity contribution >= 4 is 11.8 Å². The van der Waals surface area contributed by atoms with Gasteiger partial charge < -0.3 is 9.84 Å². The molecule has 1 aromatic heterocycles. The first kappa shape index (κ1) is 16.0. The molecule has 21 heavy (non-hydrogen) atoms. The number of thioether (sulfide) groups is 1. The Morgan fingerprint density at radius 1 is 1.24 bits per heavy atom. The molecule has 2 rings (SSSR count). The summed E-state index contributed by atoms with van der Waals surface area (Å²) < 4.78 is 5.49. The van der Waals surface area contributed by atoms with Gasteiger partial charge in [0.25, 0.3) is 0 Å². The number of likely N-dealkylation sites (N-methyl/N-ethyl adjacent to an activating group) is 1. The van der Waals surface area contributed by atoms with Crippen molar-refractivity contribution in [3.8, 4) is 11.4 Å². The van der Waals surface area contributed by atoms with Crippen molar-refractivity contribution in [2.75, 3.05) is 12.8 Å². The van der Waals surface area contributed by atoms with E-state index in [4.69, 9.17) is 4.52 Å². The number of nitrogens with zero attached hydrogens (tertiary/aromatic N) is 2. The molecule has 0 radical (unpaired) electrons. The summed E-state index contributed by atoms with van der Waals surface area (Å²) in [4.78, 5) is 5.82. The lowest BCUT2D eigenvalue weighted by Crippen LogP contribution is -2.31. The second-order valence-corrected chi connectivity index (χ2v) is 5.93. The minimum atomic E-state index is 0.247. The van der Waals surface area contributed by atoms with Crippen LogP contribution in [0.15, 0.2) is 33.7 Å². The molecule has 0 aliphatic rings. The summed E-state index contributed by atoms with van der Waals surface area (Å²) in [6, 6.07) is 8.56. The van der Waals surface area contributed by atoms with E-state index in [1.807, 2.05) is 12.1 Å². The molecule has 0 spiro atoms. The first-order valence-corrected chi connectivity index (χ1v) is 8.63. The van der Waals surface area contributed by atoms with Gasteiger partial charge in [-0.3, -0.25) is 0 Å². The first-order chi connectivity index (χ1) is 10.2. The number of aromatic nitrogens is 2. The summed E-state index contributed by atoms with van der Waals surface area (Å²) in [5, 5.41) is 7.56. The van der Waals surface area contributed by atoms with Gasteiger partial charge in [0, 0.05) is 16.5 Å². The van der Waals surface area contributed by atoms with E-state index in [-0.39, 0.29) is 5.92 Å². The van der Waals surface area contributed by atoms with Crippen molar-refractivity contribution in [3.05, 3.63) is 30.2 Å². The van der Waals surface area contributed by atoms with Gasteiger partial charge in [0.1, 0.15) is 0 Å². The van der Waals surface area contributed by atoms with E-state index in [2.05, 4.69) is 54.6 Å². The number of benzene rings is 1. The van der Waals surface area contributed by atoms with Crippen LogP contribution in [-0.4, -0.2) is 29.0 Å². The normalized spacial score (nSPS) is 14.1. The van der Waals surface area contributed by atoms with Crippen molar-refractivity contribution in [1.29, 1.82) is 0 Å². The molecule has 2 atom stereocenters. The molecule has 2 aromatic rings. The zero-order valence-electron chi connectivity index (χ0n) is 13.1. The minimum absolute atomic E-state index is 0.247. The Morgan fingerprint density at radius 2 is 1.95 bits per heavy atom. The summed E-state index contributed by atoms with van der Waals surface area (Å²) in [5.41, 5.74) is 0.994. The predicted octanol–water partition coefficient (Wildman–Crippen LogP) is 3.95. The van der Waals surface area contributed by atoms with Gasteiger partial charge >= 0.3 is 0 Å². The van der Waals surface area contributed by atoms with Crippen molar-refractivity contribution < 1.29 is 4.52 Å². The van der Waals surface area contributed by atoms with Crippen LogP contribution < -0.4 is 5.32 Å². The molecule has 1 N–H and O–H groups in total. The lowest BCUT2D eigenvalue weighted by Gasteiger charge is -2.19. The number of rotatable bonds is 7. The molecule has 0 saturated carbocycles. The van der Waals surface area contributed by atoms with Crippen molar-refractivity contribution in [2.24, 2.45) is 0 Å². The summed E-state index contributed by atoms with van der Waals surface area (Å²) in [7, 11) is 0. The summed E-state index contributed by atoms with van der Waals surface area (Å²) in [6.45, 7) is 7.36. The molecule has 4 nitrogen and oxygen atoms in total. The number of hydrogen-bond donors (Lipinski definition) is 1. The van der Waals surface area contributed by atoms with Gasteiger partial charge in [0.05, 0.1) is 5.92 Å². The van der Waals surface area contributed by atoms with Gasteiger partial charge in [0.15, 0.2) is 0 Å². The van der Waals surface area contributed by atoms with E-state index in [1.54, 1.807) is 11.8 Å². The molecule has 0 amide bonds. The van der Waals surface area contributed by atoms with Crippen molar-refractivity contribution in [3.63, 3.8) is 0 Å². The van der Waals surface area contributed by atoms with Crippen LogP contribution in [0.2, 0.25) is 0 Å². The van der Waals surface area contributed by atoms with Crippen LogP contribution in [0.25, 0.3) is 11.4 Å². The fourth-order valence-electron chi connectivity index (χ4n) is 2.45. The van der Waals surface area contributed by atoms with E-state index >= 15 is 0 Å². The molecule has 0 saturated heterocycles. The average Bonchev–Trinajstić information content (AvgIpc) is 2.98.